The monoisotopic (exact) mass is 228 g/mol. The van der Waals surface area contributed by atoms with E-state index in [1.165, 1.54) is 6.33 Å². The Morgan fingerprint density at radius 3 is 2.53 bits per heavy atom. The van der Waals surface area contributed by atoms with Crippen LogP contribution >= 0.6 is 0 Å². The highest BCUT2D eigenvalue weighted by atomic mass is 16.4. The van der Waals surface area contributed by atoms with Crippen molar-refractivity contribution in [3.63, 3.8) is 0 Å². The molecule has 4 heteroatoms. The molecule has 2 aromatic rings. The van der Waals surface area contributed by atoms with E-state index in [9.17, 15) is 9.90 Å². The van der Waals surface area contributed by atoms with E-state index in [0.717, 1.165) is 5.56 Å². The lowest BCUT2D eigenvalue weighted by Gasteiger charge is -2.08. The Bertz CT molecular complexity index is 538. The number of benzene rings is 1. The van der Waals surface area contributed by atoms with E-state index in [2.05, 4.69) is 9.97 Å². The maximum absolute atomic E-state index is 11.3. The summed E-state index contributed by atoms with van der Waals surface area (Å²) in [5.41, 5.74) is 2.03. The number of aromatic carboxylic acids is 1. The summed E-state index contributed by atoms with van der Waals surface area (Å²) in [6.07, 6.45) is 1.98. The van der Waals surface area contributed by atoms with Crippen LogP contribution in [0.3, 0.4) is 0 Å². The number of rotatable bonds is 3. The molecule has 0 spiro atoms. The minimum Gasteiger partial charge on any atom is -0.478 e. The molecule has 0 saturated heterocycles. The molecule has 4 nitrogen and oxygen atoms in total. The lowest BCUT2D eigenvalue weighted by molar-refractivity contribution is 0.0695. The topological polar surface area (TPSA) is 63.1 Å². The highest BCUT2D eigenvalue weighted by Gasteiger charge is 2.17. The highest BCUT2D eigenvalue weighted by molar-refractivity contribution is 5.95. The fourth-order valence-corrected chi connectivity index (χ4v) is 1.73. The molecule has 0 radical (unpaired) electrons. The van der Waals surface area contributed by atoms with Crippen LogP contribution < -0.4 is 0 Å². The number of carboxylic acid groups (broad SMARTS) is 1. The number of nitrogens with zero attached hydrogens (tertiary/aromatic N) is 2. The van der Waals surface area contributed by atoms with Gasteiger partial charge in [-0.3, -0.25) is 0 Å². The number of aromatic nitrogens is 2. The van der Waals surface area contributed by atoms with Crippen molar-refractivity contribution < 1.29 is 9.90 Å². The number of carboxylic acids is 1. The van der Waals surface area contributed by atoms with E-state index in [1.807, 2.05) is 37.3 Å². The van der Waals surface area contributed by atoms with Gasteiger partial charge in [-0.15, -0.1) is 0 Å². The van der Waals surface area contributed by atoms with Crippen molar-refractivity contribution in [1.82, 2.24) is 9.97 Å². The van der Waals surface area contributed by atoms with Crippen molar-refractivity contribution in [1.29, 1.82) is 0 Å². The smallest absolute Gasteiger partial charge is 0.339 e. The van der Waals surface area contributed by atoms with Gasteiger partial charge >= 0.3 is 5.97 Å². The summed E-state index contributed by atoms with van der Waals surface area (Å²) in [6.45, 7) is 1.88. The first-order chi connectivity index (χ1) is 8.24. The Hall–Kier alpha value is -2.23. The third-order valence-corrected chi connectivity index (χ3v) is 2.52. The number of aryl methyl sites for hydroxylation is 1. The normalized spacial score (nSPS) is 10.2. The first kappa shape index (κ1) is 11.3. The van der Waals surface area contributed by atoms with Gasteiger partial charge in [0.15, 0.2) is 0 Å². The first-order valence-corrected chi connectivity index (χ1v) is 5.36. The molecule has 0 atom stereocenters. The highest BCUT2D eigenvalue weighted by Crippen LogP contribution is 2.22. The number of hydrogen-bond donors (Lipinski definition) is 1. The minimum absolute atomic E-state index is 0.196. The van der Waals surface area contributed by atoms with Crippen LogP contribution in [0.5, 0.6) is 0 Å². The molecular weight excluding hydrogens is 216 g/mol. The Morgan fingerprint density at radius 1 is 1.24 bits per heavy atom. The van der Waals surface area contributed by atoms with Crippen LogP contribution in [0, 0.1) is 0 Å². The molecule has 0 aliphatic carbocycles. The zero-order valence-electron chi connectivity index (χ0n) is 9.42. The van der Waals surface area contributed by atoms with Gasteiger partial charge in [0.25, 0.3) is 0 Å². The number of hydrogen-bond acceptors (Lipinski definition) is 3. The Balaban J connectivity index is 2.66. The molecule has 1 aromatic heterocycles. The van der Waals surface area contributed by atoms with E-state index in [0.29, 0.717) is 17.8 Å². The molecule has 86 valence electrons. The molecule has 0 aliphatic heterocycles. The van der Waals surface area contributed by atoms with Crippen molar-refractivity contribution >= 4 is 5.97 Å². The minimum atomic E-state index is -0.985. The zero-order chi connectivity index (χ0) is 12.3. The number of carbonyl (C=O) groups is 1. The van der Waals surface area contributed by atoms with Crippen LogP contribution in [-0.2, 0) is 6.42 Å². The lowest BCUT2D eigenvalue weighted by atomic mass is 10.0. The second-order valence-electron chi connectivity index (χ2n) is 3.57. The van der Waals surface area contributed by atoms with E-state index >= 15 is 0 Å². The van der Waals surface area contributed by atoms with E-state index in [4.69, 9.17) is 0 Å². The van der Waals surface area contributed by atoms with Crippen LogP contribution in [0.2, 0.25) is 0 Å². The lowest BCUT2D eigenvalue weighted by Crippen LogP contribution is -2.08. The van der Waals surface area contributed by atoms with Crippen LogP contribution in [0.15, 0.2) is 36.7 Å². The van der Waals surface area contributed by atoms with Gasteiger partial charge in [0, 0.05) is 5.56 Å². The molecule has 0 bridgehead atoms. The summed E-state index contributed by atoms with van der Waals surface area (Å²) >= 11 is 0. The van der Waals surface area contributed by atoms with Crippen molar-refractivity contribution in [2.24, 2.45) is 0 Å². The van der Waals surface area contributed by atoms with Crippen molar-refractivity contribution in [2.45, 2.75) is 13.3 Å². The molecule has 0 aliphatic rings. The first-order valence-electron chi connectivity index (χ1n) is 5.36. The summed E-state index contributed by atoms with van der Waals surface area (Å²) in [6, 6.07) is 9.28. The molecular formula is C13H12N2O2. The van der Waals surface area contributed by atoms with Crippen LogP contribution in [-0.4, -0.2) is 21.0 Å². The van der Waals surface area contributed by atoms with Gasteiger partial charge in [-0.1, -0.05) is 37.3 Å². The second kappa shape index (κ2) is 4.74. The van der Waals surface area contributed by atoms with E-state index in [-0.39, 0.29) is 5.56 Å². The standard InChI is InChI=1S/C13H12N2O2/c1-2-10-11(13(16)17)12(15-8-14-10)9-6-4-3-5-7-9/h3-8H,2H2,1H3,(H,16,17). The van der Waals surface area contributed by atoms with Gasteiger partial charge in [0.05, 0.1) is 11.4 Å². The van der Waals surface area contributed by atoms with Crippen LogP contribution in [0.25, 0.3) is 11.3 Å². The summed E-state index contributed by atoms with van der Waals surface area (Å²) < 4.78 is 0. The Kier molecular flexibility index (Phi) is 3.14. The Labute approximate surface area is 99.0 Å². The van der Waals surface area contributed by atoms with Crippen LogP contribution in [0.4, 0.5) is 0 Å². The predicted molar refractivity (Wildman–Crippen MR) is 63.8 cm³/mol. The van der Waals surface area contributed by atoms with Crippen molar-refractivity contribution in [2.75, 3.05) is 0 Å². The average Bonchev–Trinajstić information content (AvgIpc) is 2.38. The maximum Gasteiger partial charge on any atom is 0.339 e. The van der Waals surface area contributed by atoms with Gasteiger partial charge in [-0.25, -0.2) is 14.8 Å². The van der Waals surface area contributed by atoms with E-state index in [1.54, 1.807) is 0 Å². The molecule has 1 N–H and O–H groups in total. The maximum atomic E-state index is 11.3. The largest absolute Gasteiger partial charge is 0.478 e. The van der Waals surface area contributed by atoms with Gasteiger partial charge in [-0.2, -0.15) is 0 Å². The SMILES string of the molecule is CCc1ncnc(-c2ccccc2)c1C(=O)O. The summed E-state index contributed by atoms with van der Waals surface area (Å²) in [7, 11) is 0. The van der Waals surface area contributed by atoms with Gasteiger partial charge in [-0.05, 0) is 6.42 Å². The molecule has 17 heavy (non-hydrogen) atoms. The third-order valence-electron chi connectivity index (χ3n) is 2.52. The van der Waals surface area contributed by atoms with E-state index < -0.39 is 5.97 Å². The molecule has 1 aromatic carbocycles. The summed E-state index contributed by atoms with van der Waals surface area (Å²) in [5, 5.41) is 9.26. The molecule has 0 fully saturated rings. The van der Waals surface area contributed by atoms with Gasteiger partial charge in [0.2, 0.25) is 0 Å². The third kappa shape index (κ3) is 2.15. The van der Waals surface area contributed by atoms with Crippen molar-refractivity contribution in [3.05, 3.63) is 47.9 Å². The summed E-state index contributed by atoms with van der Waals surface area (Å²) in [4.78, 5) is 19.4. The zero-order valence-corrected chi connectivity index (χ0v) is 9.42. The fourth-order valence-electron chi connectivity index (χ4n) is 1.73. The molecule has 2 rings (SSSR count). The van der Waals surface area contributed by atoms with Gasteiger partial charge in [0.1, 0.15) is 11.9 Å². The molecule has 0 unspecified atom stereocenters. The molecule has 0 amide bonds. The fraction of sp³-hybridized carbons (Fsp3) is 0.154. The van der Waals surface area contributed by atoms with Crippen LogP contribution in [0.1, 0.15) is 23.0 Å². The summed E-state index contributed by atoms with van der Waals surface area (Å²) in [5.74, 6) is -0.985. The van der Waals surface area contributed by atoms with Crippen molar-refractivity contribution in [3.8, 4) is 11.3 Å². The second-order valence-corrected chi connectivity index (χ2v) is 3.57. The Morgan fingerprint density at radius 2 is 1.94 bits per heavy atom. The predicted octanol–water partition coefficient (Wildman–Crippen LogP) is 2.40. The molecule has 1 heterocycles. The quantitative estimate of drug-likeness (QED) is 0.876. The molecule has 0 saturated carbocycles. The van der Waals surface area contributed by atoms with Gasteiger partial charge < -0.3 is 5.11 Å². The average molecular weight is 228 g/mol.